The number of rotatable bonds is 4. The first-order valence-corrected chi connectivity index (χ1v) is 11.4. The molecular weight excluding hydrogens is 425 g/mol. The van der Waals surface area contributed by atoms with Gasteiger partial charge < -0.3 is 13.9 Å². The van der Waals surface area contributed by atoms with Crippen molar-refractivity contribution >= 4 is 10.0 Å². The number of aromatic nitrogens is 2. The van der Waals surface area contributed by atoms with E-state index in [4.69, 9.17) is 13.9 Å². The van der Waals surface area contributed by atoms with Crippen molar-refractivity contribution in [3.63, 3.8) is 0 Å². The Morgan fingerprint density at radius 3 is 2.58 bits per heavy atom. The molecule has 1 fully saturated rings. The third kappa shape index (κ3) is 3.88. The maximum Gasteiger partial charge on any atom is 0.247 e. The van der Waals surface area contributed by atoms with Crippen LogP contribution in [0, 0.1) is 5.82 Å². The third-order valence-electron chi connectivity index (χ3n) is 5.42. The van der Waals surface area contributed by atoms with Crippen LogP contribution in [0.15, 0.2) is 51.8 Å². The molecule has 162 valence electrons. The van der Waals surface area contributed by atoms with Crippen LogP contribution in [0.25, 0.3) is 11.5 Å². The lowest BCUT2D eigenvalue weighted by atomic mass is 10.00. The van der Waals surface area contributed by atoms with Crippen molar-refractivity contribution in [1.29, 1.82) is 0 Å². The molecule has 3 aromatic rings. The molecule has 1 atom stereocenters. The molecular formula is C21H20FN3O5S. The molecule has 1 aromatic heterocycles. The van der Waals surface area contributed by atoms with Crippen LogP contribution >= 0.6 is 0 Å². The van der Waals surface area contributed by atoms with Gasteiger partial charge in [-0.3, -0.25) is 0 Å². The Labute approximate surface area is 178 Å². The number of benzene rings is 2. The zero-order chi connectivity index (χ0) is 21.4. The minimum atomic E-state index is -3.72. The van der Waals surface area contributed by atoms with E-state index < -0.39 is 10.0 Å². The van der Waals surface area contributed by atoms with Gasteiger partial charge in [-0.25, -0.2) is 12.8 Å². The maximum absolute atomic E-state index is 13.2. The average molecular weight is 445 g/mol. The zero-order valence-corrected chi connectivity index (χ0v) is 17.3. The molecule has 31 heavy (non-hydrogen) atoms. The van der Waals surface area contributed by atoms with Crippen molar-refractivity contribution < 1.29 is 26.7 Å². The highest BCUT2D eigenvalue weighted by Gasteiger charge is 2.34. The lowest BCUT2D eigenvalue weighted by Crippen LogP contribution is -2.39. The van der Waals surface area contributed by atoms with Gasteiger partial charge in [0, 0.05) is 24.7 Å². The van der Waals surface area contributed by atoms with E-state index in [0.29, 0.717) is 49.1 Å². The Morgan fingerprint density at radius 1 is 1.00 bits per heavy atom. The first-order chi connectivity index (χ1) is 15.0. The molecule has 0 radical (unpaired) electrons. The van der Waals surface area contributed by atoms with Crippen LogP contribution in [0.5, 0.6) is 11.5 Å². The first kappa shape index (κ1) is 20.0. The average Bonchev–Trinajstić information content (AvgIpc) is 3.30. The number of piperidine rings is 1. The summed E-state index contributed by atoms with van der Waals surface area (Å²) in [5, 5.41) is 8.16. The van der Waals surface area contributed by atoms with Gasteiger partial charge in [0.25, 0.3) is 0 Å². The summed E-state index contributed by atoms with van der Waals surface area (Å²) in [5.74, 6) is 1.06. The topological polar surface area (TPSA) is 94.8 Å². The van der Waals surface area contributed by atoms with E-state index in [2.05, 4.69) is 10.2 Å². The molecule has 0 aliphatic carbocycles. The van der Waals surface area contributed by atoms with E-state index in [-0.39, 0.29) is 29.1 Å². The van der Waals surface area contributed by atoms with Crippen molar-refractivity contribution in [1.82, 2.24) is 14.5 Å². The minimum Gasteiger partial charge on any atom is -0.486 e. The fraction of sp³-hybridized carbons (Fsp3) is 0.333. The number of hydrogen-bond donors (Lipinski definition) is 0. The Kier molecular flexibility index (Phi) is 5.11. The molecule has 2 aromatic carbocycles. The second-order valence-corrected chi connectivity index (χ2v) is 9.40. The van der Waals surface area contributed by atoms with Gasteiger partial charge in [-0.15, -0.1) is 10.2 Å². The van der Waals surface area contributed by atoms with E-state index >= 15 is 0 Å². The van der Waals surface area contributed by atoms with Gasteiger partial charge in [-0.2, -0.15) is 4.31 Å². The summed E-state index contributed by atoms with van der Waals surface area (Å²) in [7, 11) is -3.72. The van der Waals surface area contributed by atoms with Gasteiger partial charge in [0.1, 0.15) is 19.0 Å². The van der Waals surface area contributed by atoms with E-state index in [1.54, 1.807) is 18.2 Å². The molecule has 3 heterocycles. The van der Waals surface area contributed by atoms with Crippen molar-refractivity contribution in [3.8, 4) is 23.0 Å². The van der Waals surface area contributed by atoms with Crippen LogP contribution in [-0.4, -0.2) is 49.2 Å². The predicted molar refractivity (Wildman–Crippen MR) is 108 cm³/mol. The standard InChI is InChI=1S/C21H20FN3O5S/c22-16-5-3-14(4-6-16)20-23-24-21(30-20)15-2-1-9-25(13-15)31(26,27)17-7-8-18-19(12-17)29-11-10-28-18/h3-8,12,15H,1-2,9-11,13H2. The monoisotopic (exact) mass is 445 g/mol. The van der Waals surface area contributed by atoms with Crippen molar-refractivity contribution in [3.05, 3.63) is 54.2 Å². The highest BCUT2D eigenvalue weighted by atomic mass is 32.2. The van der Waals surface area contributed by atoms with Crippen LogP contribution in [0.2, 0.25) is 0 Å². The van der Waals surface area contributed by atoms with Gasteiger partial charge in [-0.05, 0) is 49.2 Å². The highest BCUT2D eigenvalue weighted by molar-refractivity contribution is 7.89. The molecule has 2 aliphatic heterocycles. The SMILES string of the molecule is O=S(=O)(c1ccc2c(c1)OCCO2)N1CCCC(c2nnc(-c3ccc(F)cc3)o2)C1. The smallest absolute Gasteiger partial charge is 0.247 e. The largest absolute Gasteiger partial charge is 0.486 e. The second kappa shape index (κ2) is 7.93. The maximum atomic E-state index is 13.2. The zero-order valence-electron chi connectivity index (χ0n) is 16.5. The second-order valence-electron chi connectivity index (χ2n) is 7.46. The summed E-state index contributed by atoms with van der Waals surface area (Å²) >= 11 is 0. The number of ether oxygens (including phenoxy) is 2. The van der Waals surface area contributed by atoms with E-state index in [1.165, 1.54) is 28.6 Å². The van der Waals surface area contributed by atoms with Crippen LogP contribution in [0.1, 0.15) is 24.7 Å². The first-order valence-electron chi connectivity index (χ1n) is 10.00. The number of sulfonamides is 1. The van der Waals surface area contributed by atoms with E-state index in [1.807, 2.05) is 0 Å². The summed E-state index contributed by atoms with van der Waals surface area (Å²) in [6, 6.07) is 10.4. The summed E-state index contributed by atoms with van der Waals surface area (Å²) in [6.45, 7) is 1.47. The normalized spacial score (nSPS) is 19.3. The van der Waals surface area contributed by atoms with E-state index in [9.17, 15) is 12.8 Å². The van der Waals surface area contributed by atoms with Gasteiger partial charge >= 0.3 is 0 Å². The predicted octanol–water partition coefficient (Wildman–Crippen LogP) is 3.22. The lowest BCUT2D eigenvalue weighted by Gasteiger charge is -2.30. The van der Waals surface area contributed by atoms with Gasteiger partial charge in [0.05, 0.1) is 10.8 Å². The third-order valence-corrected chi connectivity index (χ3v) is 7.28. The molecule has 2 aliphatic rings. The quantitative estimate of drug-likeness (QED) is 0.609. The van der Waals surface area contributed by atoms with E-state index in [0.717, 1.165) is 6.42 Å². The van der Waals surface area contributed by atoms with Crippen LogP contribution < -0.4 is 9.47 Å². The number of nitrogens with zero attached hydrogens (tertiary/aromatic N) is 3. The molecule has 5 rings (SSSR count). The molecule has 0 bridgehead atoms. The van der Waals surface area contributed by atoms with Crippen LogP contribution in [-0.2, 0) is 10.0 Å². The van der Waals surface area contributed by atoms with Gasteiger partial charge in [0.2, 0.25) is 21.8 Å². The summed E-state index contributed by atoms with van der Waals surface area (Å²) < 4.78 is 57.8. The summed E-state index contributed by atoms with van der Waals surface area (Å²) in [4.78, 5) is 0.162. The fourth-order valence-electron chi connectivity index (χ4n) is 3.80. The van der Waals surface area contributed by atoms with Gasteiger partial charge in [0.15, 0.2) is 11.5 Å². The Hall–Kier alpha value is -2.98. The number of fused-ring (bicyclic) bond motifs is 1. The minimum absolute atomic E-state index is 0.162. The van der Waals surface area contributed by atoms with Crippen molar-refractivity contribution in [2.24, 2.45) is 0 Å². The van der Waals surface area contributed by atoms with Crippen molar-refractivity contribution in [2.45, 2.75) is 23.7 Å². The molecule has 10 heteroatoms. The molecule has 0 amide bonds. The number of halogens is 1. The van der Waals surface area contributed by atoms with Crippen LogP contribution in [0.4, 0.5) is 4.39 Å². The van der Waals surface area contributed by atoms with Crippen molar-refractivity contribution in [2.75, 3.05) is 26.3 Å². The molecule has 0 saturated carbocycles. The fourth-order valence-corrected chi connectivity index (χ4v) is 5.34. The summed E-state index contributed by atoms with van der Waals surface area (Å²) in [6.07, 6.45) is 1.40. The Bertz CT molecular complexity index is 1200. The van der Waals surface area contributed by atoms with Crippen LogP contribution in [0.3, 0.4) is 0 Å². The Balaban J connectivity index is 1.36. The molecule has 0 spiro atoms. The number of hydrogen-bond acceptors (Lipinski definition) is 7. The lowest BCUT2D eigenvalue weighted by molar-refractivity contribution is 0.171. The molecule has 1 saturated heterocycles. The molecule has 1 unspecified atom stereocenters. The van der Waals surface area contributed by atoms with Gasteiger partial charge in [-0.1, -0.05) is 0 Å². The summed E-state index contributed by atoms with van der Waals surface area (Å²) in [5.41, 5.74) is 0.608. The Morgan fingerprint density at radius 2 is 1.77 bits per heavy atom. The molecule has 0 N–H and O–H groups in total. The molecule has 8 nitrogen and oxygen atoms in total. The highest BCUT2D eigenvalue weighted by Crippen LogP contribution is 2.35.